The van der Waals surface area contributed by atoms with Gasteiger partial charge in [0.05, 0.1) is 7.11 Å². The standard InChI is InChI=1S/C11H17O3P/c1-14-11-8-3-2-6-10(11)7-4-5-9-15(12)13/h2-3,6,8,12-13H,4-5,7,9H2,1H3. The van der Waals surface area contributed by atoms with Crippen LogP contribution in [0.5, 0.6) is 5.75 Å². The molecule has 3 nitrogen and oxygen atoms in total. The van der Waals surface area contributed by atoms with Gasteiger partial charge in [-0.2, -0.15) is 0 Å². The highest BCUT2D eigenvalue weighted by atomic mass is 31.2. The van der Waals surface area contributed by atoms with Crippen molar-refractivity contribution in [2.24, 2.45) is 0 Å². The van der Waals surface area contributed by atoms with Crippen LogP contribution < -0.4 is 4.74 Å². The second kappa shape index (κ2) is 6.78. The zero-order valence-electron chi connectivity index (χ0n) is 8.89. The van der Waals surface area contributed by atoms with Crippen LogP contribution in [0.1, 0.15) is 18.4 Å². The van der Waals surface area contributed by atoms with E-state index in [0.717, 1.165) is 25.0 Å². The van der Waals surface area contributed by atoms with Gasteiger partial charge in [-0.25, -0.2) is 0 Å². The molecular formula is C11H17O3P. The van der Waals surface area contributed by atoms with Crippen molar-refractivity contribution in [1.82, 2.24) is 0 Å². The van der Waals surface area contributed by atoms with Crippen LogP contribution in [-0.4, -0.2) is 23.1 Å². The van der Waals surface area contributed by atoms with Gasteiger partial charge in [-0.05, 0) is 30.9 Å². The molecule has 0 aliphatic heterocycles. The lowest BCUT2D eigenvalue weighted by molar-refractivity contribution is 0.409. The molecule has 0 aliphatic rings. The Morgan fingerprint density at radius 1 is 1.20 bits per heavy atom. The summed E-state index contributed by atoms with van der Waals surface area (Å²) in [5.74, 6) is 0.910. The van der Waals surface area contributed by atoms with Crippen LogP contribution in [0.4, 0.5) is 0 Å². The Morgan fingerprint density at radius 2 is 1.93 bits per heavy atom. The first-order valence-corrected chi connectivity index (χ1v) is 6.44. The minimum atomic E-state index is -1.72. The fraction of sp³-hybridized carbons (Fsp3) is 0.455. The molecule has 0 fully saturated rings. The molecule has 2 N–H and O–H groups in total. The Hall–Kier alpha value is -0.630. The van der Waals surface area contributed by atoms with E-state index in [2.05, 4.69) is 0 Å². The fourth-order valence-corrected chi connectivity index (χ4v) is 1.98. The lowest BCUT2D eigenvalue weighted by Gasteiger charge is -2.07. The first-order valence-electron chi connectivity index (χ1n) is 5.01. The van der Waals surface area contributed by atoms with Crippen molar-refractivity contribution in [3.05, 3.63) is 29.8 Å². The van der Waals surface area contributed by atoms with E-state index in [4.69, 9.17) is 14.5 Å². The zero-order valence-corrected chi connectivity index (χ0v) is 9.78. The highest BCUT2D eigenvalue weighted by Gasteiger charge is 2.02. The maximum atomic E-state index is 8.75. The van der Waals surface area contributed by atoms with Gasteiger partial charge >= 0.3 is 0 Å². The average molecular weight is 228 g/mol. The Bertz CT molecular complexity index is 289. The van der Waals surface area contributed by atoms with E-state index in [0.29, 0.717) is 6.16 Å². The number of hydrogen-bond acceptors (Lipinski definition) is 3. The Kier molecular flexibility index (Phi) is 5.62. The molecule has 0 amide bonds. The van der Waals surface area contributed by atoms with Gasteiger partial charge in [0.2, 0.25) is 0 Å². The lowest BCUT2D eigenvalue weighted by Crippen LogP contribution is -1.93. The molecule has 0 saturated carbocycles. The number of para-hydroxylation sites is 1. The number of unbranched alkanes of at least 4 members (excludes halogenated alkanes) is 1. The van der Waals surface area contributed by atoms with Gasteiger partial charge in [0.25, 0.3) is 0 Å². The summed E-state index contributed by atoms with van der Waals surface area (Å²) in [4.78, 5) is 17.5. The number of rotatable bonds is 6. The molecule has 0 atom stereocenters. The summed E-state index contributed by atoms with van der Waals surface area (Å²) in [5.41, 5.74) is 1.18. The van der Waals surface area contributed by atoms with E-state index in [-0.39, 0.29) is 0 Å². The van der Waals surface area contributed by atoms with Crippen molar-refractivity contribution in [3.8, 4) is 5.75 Å². The molecule has 0 heterocycles. The van der Waals surface area contributed by atoms with E-state index in [1.54, 1.807) is 7.11 Å². The van der Waals surface area contributed by atoms with Crippen molar-refractivity contribution < 1.29 is 14.5 Å². The van der Waals surface area contributed by atoms with E-state index >= 15 is 0 Å². The maximum Gasteiger partial charge on any atom is 0.164 e. The number of ether oxygens (including phenoxy) is 1. The van der Waals surface area contributed by atoms with Gasteiger partial charge in [0.15, 0.2) is 8.38 Å². The summed E-state index contributed by atoms with van der Waals surface area (Å²) >= 11 is 0. The van der Waals surface area contributed by atoms with Crippen LogP contribution in [-0.2, 0) is 6.42 Å². The molecule has 4 heteroatoms. The molecule has 0 unspecified atom stereocenters. The summed E-state index contributed by atoms with van der Waals surface area (Å²) in [6.07, 6.45) is 3.23. The van der Waals surface area contributed by atoms with E-state index < -0.39 is 8.38 Å². The molecule has 0 radical (unpaired) electrons. The number of aryl methyl sites for hydroxylation is 1. The molecule has 0 aromatic heterocycles. The van der Waals surface area contributed by atoms with E-state index in [9.17, 15) is 0 Å². The van der Waals surface area contributed by atoms with Gasteiger partial charge in [-0.15, -0.1) is 0 Å². The predicted molar refractivity (Wildman–Crippen MR) is 62.2 cm³/mol. The van der Waals surface area contributed by atoms with Crippen LogP contribution in [0.3, 0.4) is 0 Å². The van der Waals surface area contributed by atoms with Crippen molar-refractivity contribution in [2.75, 3.05) is 13.3 Å². The van der Waals surface area contributed by atoms with Gasteiger partial charge < -0.3 is 14.5 Å². The summed E-state index contributed by atoms with van der Waals surface area (Å²) in [5, 5.41) is 0. The Labute approximate surface area is 91.6 Å². The predicted octanol–water partition coefficient (Wildman–Crippen LogP) is 2.31. The summed E-state index contributed by atoms with van der Waals surface area (Å²) in [7, 11) is -0.0573. The molecule has 0 aliphatic carbocycles. The number of methoxy groups -OCH3 is 1. The molecule has 0 spiro atoms. The number of hydrogen-bond donors (Lipinski definition) is 2. The minimum Gasteiger partial charge on any atom is -0.496 e. The zero-order chi connectivity index (χ0) is 11.1. The third kappa shape index (κ3) is 4.61. The maximum absolute atomic E-state index is 8.75. The molecule has 84 valence electrons. The van der Waals surface area contributed by atoms with Crippen molar-refractivity contribution in [3.63, 3.8) is 0 Å². The molecule has 1 aromatic rings. The van der Waals surface area contributed by atoms with Crippen LogP contribution in [0.15, 0.2) is 24.3 Å². The molecule has 0 bridgehead atoms. The molecule has 0 saturated heterocycles. The van der Waals surface area contributed by atoms with E-state index in [1.165, 1.54) is 5.56 Å². The second-order valence-electron chi connectivity index (χ2n) is 3.36. The van der Waals surface area contributed by atoms with E-state index in [1.807, 2.05) is 24.3 Å². The smallest absolute Gasteiger partial charge is 0.164 e. The topological polar surface area (TPSA) is 49.7 Å². The van der Waals surface area contributed by atoms with Crippen LogP contribution in [0.25, 0.3) is 0 Å². The van der Waals surface area contributed by atoms with Gasteiger partial charge in [0.1, 0.15) is 5.75 Å². The molecule has 15 heavy (non-hydrogen) atoms. The Balaban J connectivity index is 2.36. The largest absolute Gasteiger partial charge is 0.496 e. The second-order valence-corrected chi connectivity index (χ2v) is 4.56. The van der Waals surface area contributed by atoms with Gasteiger partial charge in [0, 0.05) is 6.16 Å². The van der Waals surface area contributed by atoms with Crippen LogP contribution >= 0.6 is 8.38 Å². The summed E-state index contributed by atoms with van der Waals surface area (Å²) in [6.45, 7) is 0. The first-order chi connectivity index (χ1) is 7.24. The number of benzene rings is 1. The van der Waals surface area contributed by atoms with Crippen LogP contribution in [0, 0.1) is 0 Å². The Morgan fingerprint density at radius 3 is 2.60 bits per heavy atom. The average Bonchev–Trinajstić information content (AvgIpc) is 2.24. The lowest BCUT2D eigenvalue weighted by atomic mass is 10.1. The first kappa shape index (κ1) is 12.4. The molecule has 1 rings (SSSR count). The van der Waals surface area contributed by atoms with Crippen LogP contribution in [0.2, 0.25) is 0 Å². The van der Waals surface area contributed by atoms with Gasteiger partial charge in [-0.1, -0.05) is 18.2 Å². The normalized spacial score (nSPS) is 10.7. The highest BCUT2D eigenvalue weighted by molar-refractivity contribution is 7.45. The van der Waals surface area contributed by atoms with Crippen molar-refractivity contribution in [1.29, 1.82) is 0 Å². The van der Waals surface area contributed by atoms with Crippen molar-refractivity contribution in [2.45, 2.75) is 19.3 Å². The van der Waals surface area contributed by atoms with Gasteiger partial charge in [-0.3, -0.25) is 0 Å². The summed E-state index contributed by atoms with van der Waals surface area (Å²) < 4.78 is 5.23. The monoisotopic (exact) mass is 228 g/mol. The third-order valence-electron chi connectivity index (χ3n) is 2.25. The molecular weight excluding hydrogens is 211 g/mol. The fourth-order valence-electron chi connectivity index (χ4n) is 1.48. The summed E-state index contributed by atoms with van der Waals surface area (Å²) in [6, 6.07) is 7.92. The quantitative estimate of drug-likeness (QED) is 0.580. The highest BCUT2D eigenvalue weighted by Crippen LogP contribution is 2.25. The van der Waals surface area contributed by atoms with Crippen molar-refractivity contribution >= 4 is 8.38 Å². The molecule has 1 aromatic carbocycles. The minimum absolute atomic E-state index is 0.504. The SMILES string of the molecule is COc1ccccc1CCCCP(O)O. The third-order valence-corrected chi connectivity index (χ3v) is 2.96.